The lowest BCUT2D eigenvalue weighted by molar-refractivity contribution is -0.124. The van der Waals surface area contributed by atoms with Crippen molar-refractivity contribution in [3.05, 3.63) is 16.3 Å². The molecule has 1 amide bonds. The van der Waals surface area contributed by atoms with Crippen molar-refractivity contribution < 1.29 is 4.79 Å². The Labute approximate surface area is 163 Å². The molecule has 0 aromatic carbocycles. The van der Waals surface area contributed by atoms with Crippen LogP contribution < -0.4 is 11.1 Å². The first kappa shape index (κ1) is 17.4. The molecule has 3 heterocycles. The molecule has 2 fully saturated rings. The van der Waals surface area contributed by atoms with Crippen LogP contribution in [0, 0.1) is 11.8 Å². The Balaban J connectivity index is 1.35. The maximum atomic E-state index is 11.7. The van der Waals surface area contributed by atoms with Crippen molar-refractivity contribution >= 4 is 33.3 Å². The van der Waals surface area contributed by atoms with E-state index >= 15 is 0 Å². The van der Waals surface area contributed by atoms with Crippen LogP contribution in [0.3, 0.4) is 0 Å². The summed E-state index contributed by atoms with van der Waals surface area (Å²) in [5.74, 6) is 2.84. The second kappa shape index (κ2) is 6.71. The summed E-state index contributed by atoms with van der Waals surface area (Å²) in [6.45, 7) is 1.55. The Morgan fingerprint density at radius 2 is 2.04 bits per heavy atom. The molecule has 6 nitrogen and oxygen atoms in total. The normalized spacial score (nSPS) is 27.6. The molecule has 27 heavy (non-hydrogen) atoms. The summed E-state index contributed by atoms with van der Waals surface area (Å²) in [5, 5.41) is 4.13. The van der Waals surface area contributed by atoms with Gasteiger partial charge in [-0.2, -0.15) is 0 Å². The summed E-state index contributed by atoms with van der Waals surface area (Å²) in [4.78, 5) is 26.1. The number of nitrogens with one attached hydrogen (secondary N) is 1. The Morgan fingerprint density at radius 3 is 2.93 bits per heavy atom. The number of nitrogens with zero attached hydrogens (tertiary/aromatic N) is 3. The van der Waals surface area contributed by atoms with Crippen LogP contribution in [0.5, 0.6) is 0 Å². The summed E-state index contributed by atoms with van der Waals surface area (Å²) in [7, 11) is 2.15. The summed E-state index contributed by atoms with van der Waals surface area (Å²) in [6.07, 6.45) is 7.70. The van der Waals surface area contributed by atoms with Gasteiger partial charge in [-0.1, -0.05) is 0 Å². The fourth-order valence-electron chi connectivity index (χ4n) is 5.25. The van der Waals surface area contributed by atoms with Gasteiger partial charge in [-0.15, -0.1) is 11.3 Å². The third-order valence-corrected chi connectivity index (χ3v) is 7.91. The van der Waals surface area contributed by atoms with Crippen LogP contribution in [0.2, 0.25) is 0 Å². The van der Waals surface area contributed by atoms with Crippen molar-refractivity contribution in [2.24, 2.45) is 11.8 Å². The Kier molecular flexibility index (Phi) is 4.31. The number of nitrogen functional groups attached to an aromatic ring is 1. The van der Waals surface area contributed by atoms with E-state index in [1.807, 2.05) is 11.3 Å². The van der Waals surface area contributed by atoms with Gasteiger partial charge in [0.2, 0.25) is 5.91 Å². The van der Waals surface area contributed by atoms with E-state index in [-0.39, 0.29) is 5.91 Å². The first-order valence-corrected chi connectivity index (χ1v) is 10.9. The zero-order valence-corrected chi connectivity index (χ0v) is 16.6. The zero-order valence-electron chi connectivity index (χ0n) is 15.8. The number of fused-ring (bicyclic) bond motifs is 4. The SMILES string of the molecule is CN(Cc1nc(N)c2c3c(sc2n1)CCCC3)C1C[C@@H]2CNC(=O)C[C@H]2C1. The lowest BCUT2D eigenvalue weighted by atomic mass is 9.89. The Hall–Kier alpha value is -1.73. The van der Waals surface area contributed by atoms with Crippen molar-refractivity contribution in [3.8, 4) is 0 Å². The number of hydrogen-bond acceptors (Lipinski definition) is 6. The molecular formula is C20H27N5OS. The van der Waals surface area contributed by atoms with E-state index in [0.717, 1.165) is 48.3 Å². The third kappa shape index (κ3) is 3.10. The van der Waals surface area contributed by atoms with E-state index in [2.05, 4.69) is 22.2 Å². The molecule has 3 atom stereocenters. The van der Waals surface area contributed by atoms with Gasteiger partial charge >= 0.3 is 0 Å². The van der Waals surface area contributed by atoms with Gasteiger partial charge in [-0.05, 0) is 63.0 Å². The van der Waals surface area contributed by atoms with Crippen molar-refractivity contribution in [2.75, 3.05) is 19.3 Å². The highest BCUT2D eigenvalue weighted by Gasteiger charge is 2.39. The molecule has 144 valence electrons. The topological polar surface area (TPSA) is 84.1 Å². The fraction of sp³-hybridized carbons (Fsp3) is 0.650. The second-order valence-electron chi connectivity index (χ2n) is 8.48. The number of aromatic nitrogens is 2. The van der Waals surface area contributed by atoms with Crippen LogP contribution >= 0.6 is 11.3 Å². The summed E-state index contributed by atoms with van der Waals surface area (Å²) in [6, 6.07) is 0.491. The maximum Gasteiger partial charge on any atom is 0.220 e. The number of hydrogen-bond donors (Lipinski definition) is 2. The molecule has 7 heteroatoms. The van der Waals surface area contributed by atoms with Gasteiger partial charge in [0.25, 0.3) is 0 Å². The molecule has 1 saturated carbocycles. The molecule has 0 bridgehead atoms. The molecular weight excluding hydrogens is 358 g/mol. The lowest BCUT2D eigenvalue weighted by Crippen LogP contribution is -2.38. The number of amides is 1. The molecule has 1 aliphatic heterocycles. The van der Waals surface area contributed by atoms with Crippen LogP contribution in [0.4, 0.5) is 5.82 Å². The average Bonchev–Trinajstić information content (AvgIpc) is 3.22. The van der Waals surface area contributed by atoms with Gasteiger partial charge < -0.3 is 11.1 Å². The lowest BCUT2D eigenvalue weighted by Gasteiger charge is -2.24. The quantitative estimate of drug-likeness (QED) is 0.848. The highest BCUT2D eigenvalue weighted by Crippen LogP contribution is 2.39. The first-order chi connectivity index (χ1) is 13.1. The molecule has 3 aliphatic rings. The monoisotopic (exact) mass is 385 g/mol. The van der Waals surface area contributed by atoms with Crippen molar-refractivity contribution in [2.45, 2.75) is 57.5 Å². The number of carbonyl (C=O) groups excluding carboxylic acids is 1. The number of thiophene rings is 1. The minimum Gasteiger partial charge on any atom is -0.383 e. The molecule has 5 rings (SSSR count). The largest absolute Gasteiger partial charge is 0.383 e. The predicted octanol–water partition coefficient (Wildman–Crippen LogP) is 2.50. The van der Waals surface area contributed by atoms with E-state index in [1.54, 1.807) is 0 Å². The maximum absolute atomic E-state index is 11.7. The highest BCUT2D eigenvalue weighted by atomic mass is 32.1. The summed E-state index contributed by atoms with van der Waals surface area (Å²) < 4.78 is 0. The molecule has 0 radical (unpaired) electrons. The molecule has 1 saturated heterocycles. The zero-order chi connectivity index (χ0) is 18.5. The standard InChI is InChI=1S/C20H27N5OS/c1-25(13-6-11-8-17(26)22-9-12(11)7-13)10-16-23-19(21)18-14-4-2-3-5-15(14)27-20(18)24-16/h11-13H,2-10H2,1H3,(H,22,26)(H2,21,23,24)/t11-,12-,13?/m1/s1. The number of aryl methyl sites for hydroxylation is 2. The van der Waals surface area contributed by atoms with Crippen molar-refractivity contribution in [3.63, 3.8) is 0 Å². The molecule has 2 aliphatic carbocycles. The Morgan fingerprint density at radius 1 is 1.22 bits per heavy atom. The minimum atomic E-state index is 0.211. The van der Waals surface area contributed by atoms with Crippen molar-refractivity contribution in [1.82, 2.24) is 20.2 Å². The number of nitrogens with two attached hydrogens (primary N) is 1. The van der Waals surface area contributed by atoms with E-state index in [9.17, 15) is 4.79 Å². The van der Waals surface area contributed by atoms with Crippen molar-refractivity contribution in [1.29, 1.82) is 0 Å². The van der Waals surface area contributed by atoms with E-state index in [1.165, 1.54) is 23.3 Å². The van der Waals surface area contributed by atoms with Gasteiger partial charge in [0.05, 0.1) is 11.9 Å². The van der Waals surface area contributed by atoms with E-state index in [0.29, 0.717) is 36.7 Å². The predicted molar refractivity (Wildman–Crippen MR) is 108 cm³/mol. The number of anilines is 1. The molecule has 2 aromatic heterocycles. The van der Waals surface area contributed by atoms with Gasteiger partial charge in [0.1, 0.15) is 16.5 Å². The fourth-order valence-corrected chi connectivity index (χ4v) is 6.54. The smallest absolute Gasteiger partial charge is 0.220 e. The molecule has 0 spiro atoms. The number of carbonyl (C=O) groups is 1. The molecule has 1 unspecified atom stereocenters. The van der Waals surface area contributed by atoms with E-state index in [4.69, 9.17) is 10.7 Å². The average molecular weight is 386 g/mol. The van der Waals surface area contributed by atoms with Crippen LogP contribution in [-0.2, 0) is 24.2 Å². The van der Waals surface area contributed by atoms with Gasteiger partial charge in [-0.3, -0.25) is 9.69 Å². The third-order valence-electron chi connectivity index (χ3n) is 6.73. The van der Waals surface area contributed by atoms with Gasteiger partial charge in [-0.25, -0.2) is 9.97 Å². The van der Waals surface area contributed by atoms with Gasteiger partial charge in [0.15, 0.2) is 0 Å². The first-order valence-electron chi connectivity index (χ1n) is 10.1. The summed E-state index contributed by atoms with van der Waals surface area (Å²) >= 11 is 1.81. The van der Waals surface area contributed by atoms with Crippen LogP contribution in [-0.4, -0.2) is 40.4 Å². The van der Waals surface area contributed by atoms with Gasteiger partial charge in [0, 0.05) is 23.9 Å². The molecule has 3 N–H and O–H groups in total. The van der Waals surface area contributed by atoms with Crippen LogP contribution in [0.15, 0.2) is 0 Å². The van der Waals surface area contributed by atoms with Crippen LogP contribution in [0.1, 0.15) is 48.4 Å². The van der Waals surface area contributed by atoms with Crippen LogP contribution in [0.25, 0.3) is 10.2 Å². The Bertz CT molecular complexity index is 894. The number of piperidine rings is 1. The second-order valence-corrected chi connectivity index (χ2v) is 9.57. The molecule has 2 aromatic rings. The summed E-state index contributed by atoms with van der Waals surface area (Å²) in [5.41, 5.74) is 7.76. The number of rotatable bonds is 3. The van der Waals surface area contributed by atoms with E-state index < -0.39 is 0 Å². The highest BCUT2D eigenvalue weighted by molar-refractivity contribution is 7.19. The minimum absolute atomic E-state index is 0.211.